The maximum Gasteiger partial charge on any atom is 0.265 e. The Morgan fingerprint density at radius 3 is 2.86 bits per heavy atom. The molecule has 1 aliphatic heterocycles. The van der Waals surface area contributed by atoms with Crippen molar-refractivity contribution in [2.24, 2.45) is 0 Å². The number of benzene rings is 1. The van der Waals surface area contributed by atoms with Gasteiger partial charge >= 0.3 is 0 Å². The molecule has 1 amide bonds. The number of amides is 1. The number of carbonyl (C=O) groups is 1. The molecule has 1 aromatic carbocycles. The van der Waals surface area contributed by atoms with Gasteiger partial charge in [0.05, 0.1) is 12.2 Å². The fraction of sp³-hybridized carbons (Fsp3) is 0.562. The van der Waals surface area contributed by atoms with Gasteiger partial charge in [-0.3, -0.25) is 4.79 Å². The molecule has 0 atom stereocenters. The molecular weight excluding hydrogens is 306 g/mol. The number of alkyl halides is 2. The van der Waals surface area contributed by atoms with E-state index in [1.54, 1.807) is 23.7 Å². The van der Waals surface area contributed by atoms with Gasteiger partial charge in [0.25, 0.3) is 5.92 Å². The standard InChI is InChI=1S/C16H22F2N2OS/c1-3-9-22-15-6-5-13(10-14(15)19(2)12-21)20-8-4-7-16(17,18)11-20/h5-6,10,12H,3-4,7-9,11H2,1-2H3. The Morgan fingerprint density at radius 2 is 2.23 bits per heavy atom. The van der Waals surface area contributed by atoms with Crippen LogP contribution in [0.5, 0.6) is 0 Å². The lowest BCUT2D eigenvalue weighted by Gasteiger charge is -2.34. The van der Waals surface area contributed by atoms with Crippen molar-refractivity contribution < 1.29 is 13.6 Å². The molecule has 0 aliphatic carbocycles. The van der Waals surface area contributed by atoms with Crippen molar-refractivity contribution in [1.82, 2.24) is 0 Å². The minimum absolute atomic E-state index is 0.0466. The van der Waals surface area contributed by atoms with E-state index in [1.165, 1.54) is 4.90 Å². The largest absolute Gasteiger partial charge is 0.365 e. The van der Waals surface area contributed by atoms with Gasteiger partial charge in [-0.05, 0) is 36.8 Å². The lowest BCUT2D eigenvalue weighted by molar-refractivity contribution is -0.107. The Morgan fingerprint density at radius 1 is 1.45 bits per heavy atom. The average Bonchev–Trinajstić information content (AvgIpc) is 2.51. The number of halogens is 2. The molecule has 3 nitrogen and oxygen atoms in total. The van der Waals surface area contributed by atoms with E-state index in [4.69, 9.17) is 0 Å². The smallest absolute Gasteiger partial charge is 0.265 e. The highest BCUT2D eigenvalue weighted by atomic mass is 32.2. The molecule has 0 N–H and O–H groups in total. The minimum Gasteiger partial charge on any atom is -0.365 e. The van der Waals surface area contributed by atoms with Crippen LogP contribution in [0.2, 0.25) is 0 Å². The quantitative estimate of drug-likeness (QED) is 0.582. The van der Waals surface area contributed by atoms with E-state index in [2.05, 4.69) is 6.92 Å². The van der Waals surface area contributed by atoms with Gasteiger partial charge in [-0.1, -0.05) is 6.92 Å². The first-order valence-electron chi connectivity index (χ1n) is 7.54. The Balaban J connectivity index is 2.27. The zero-order valence-electron chi connectivity index (χ0n) is 13.0. The number of piperidine rings is 1. The number of anilines is 2. The van der Waals surface area contributed by atoms with Crippen molar-refractivity contribution in [3.63, 3.8) is 0 Å². The van der Waals surface area contributed by atoms with Crippen LogP contribution < -0.4 is 9.80 Å². The van der Waals surface area contributed by atoms with Gasteiger partial charge < -0.3 is 9.80 Å². The zero-order chi connectivity index (χ0) is 16.2. The first-order chi connectivity index (χ1) is 10.5. The van der Waals surface area contributed by atoms with Gasteiger partial charge in [-0.2, -0.15) is 0 Å². The minimum atomic E-state index is -2.63. The van der Waals surface area contributed by atoms with Crippen LogP contribution in [0.4, 0.5) is 20.2 Å². The number of hydrogen-bond acceptors (Lipinski definition) is 3. The molecule has 0 spiro atoms. The third-order valence-electron chi connectivity index (χ3n) is 3.70. The van der Waals surface area contributed by atoms with Crippen molar-refractivity contribution in [2.75, 3.05) is 35.7 Å². The van der Waals surface area contributed by atoms with Crippen LogP contribution in [0.25, 0.3) is 0 Å². The van der Waals surface area contributed by atoms with E-state index >= 15 is 0 Å². The zero-order valence-corrected chi connectivity index (χ0v) is 13.8. The van der Waals surface area contributed by atoms with E-state index < -0.39 is 5.92 Å². The summed E-state index contributed by atoms with van der Waals surface area (Å²) in [6.45, 7) is 2.47. The molecule has 1 aliphatic rings. The molecule has 0 aromatic heterocycles. The Hall–Kier alpha value is -1.30. The highest BCUT2D eigenvalue weighted by Gasteiger charge is 2.35. The third-order valence-corrected chi connectivity index (χ3v) is 4.97. The van der Waals surface area contributed by atoms with Crippen molar-refractivity contribution in [3.05, 3.63) is 18.2 Å². The summed E-state index contributed by atoms with van der Waals surface area (Å²) in [7, 11) is 1.69. The third kappa shape index (κ3) is 4.12. The van der Waals surface area contributed by atoms with E-state index in [-0.39, 0.29) is 13.0 Å². The second kappa shape index (κ2) is 7.31. The fourth-order valence-corrected chi connectivity index (χ4v) is 3.49. The van der Waals surface area contributed by atoms with Crippen molar-refractivity contribution in [3.8, 4) is 0 Å². The molecule has 6 heteroatoms. The number of nitrogens with zero attached hydrogens (tertiary/aromatic N) is 2. The number of thioether (sulfide) groups is 1. The average molecular weight is 328 g/mol. The number of carbonyl (C=O) groups excluding carboxylic acids is 1. The van der Waals surface area contributed by atoms with E-state index in [0.29, 0.717) is 13.0 Å². The van der Waals surface area contributed by atoms with Gasteiger partial charge in [-0.15, -0.1) is 11.8 Å². The van der Waals surface area contributed by atoms with Crippen molar-refractivity contribution >= 4 is 29.5 Å². The summed E-state index contributed by atoms with van der Waals surface area (Å²) in [5, 5.41) is 0. The number of hydrogen-bond donors (Lipinski definition) is 0. The summed E-state index contributed by atoms with van der Waals surface area (Å²) >= 11 is 1.68. The van der Waals surface area contributed by atoms with Crippen LogP contribution >= 0.6 is 11.8 Å². The van der Waals surface area contributed by atoms with Crippen molar-refractivity contribution in [2.45, 2.75) is 37.0 Å². The van der Waals surface area contributed by atoms with Gasteiger partial charge in [0.1, 0.15) is 0 Å². The molecule has 0 saturated carbocycles. The summed E-state index contributed by atoms with van der Waals surface area (Å²) in [5.74, 6) is -1.68. The van der Waals surface area contributed by atoms with Crippen LogP contribution in [-0.2, 0) is 4.79 Å². The highest BCUT2D eigenvalue weighted by Crippen LogP contribution is 2.36. The maximum atomic E-state index is 13.6. The second-order valence-corrected chi connectivity index (χ2v) is 6.73. The SMILES string of the molecule is CCCSc1ccc(N2CCCC(F)(F)C2)cc1N(C)C=O. The first kappa shape index (κ1) is 17.1. The molecule has 22 heavy (non-hydrogen) atoms. The Labute approximate surface area is 134 Å². The lowest BCUT2D eigenvalue weighted by Crippen LogP contribution is -2.42. The van der Waals surface area contributed by atoms with Gasteiger partial charge in [-0.25, -0.2) is 8.78 Å². The summed E-state index contributed by atoms with van der Waals surface area (Å²) in [6, 6.07) is 5.65. The summed E-state index contributed by atoms with van der Waals surface area (Å²) in [6.07, 6.45) is 2.22. The van der Waals surface area contributed by atoms with Gasteiger partial charge in [0, 0.05) is 30.6 Å². The first-order valence-corrected chi connectivity index (χ1v) is 8.53. The molecule has 1 aromatic rings. The molecule has 0 bridgehead atoms. The molecule has 2 rings (SSSR count). The summed E-state index contributed by atoms with van der Waals surface area (Å²) in [5.41, 5.74) is 1.53. The molecule has 1 saturated heterocycles. The molecule has 0 radical (unpaired) electrons. The van der Waals surface area contributed by atoms with E-state index in [9.17, 15) is 13.6 Å². The Kier molecular flexibility index (Phi) is 5.67. The van der Waals surface area contributed by atoms with Gasteiger partial charge in [0.15, 0.2) is 0 Å². The van der Waals surface area contributed by atoms with Crippen LogP contribution in [0.15, 0.2) is 23.1 Å². The van der Waals surface area contributed by atoms with Crippen LogP contribution in [0.3, 0.4) is 0 Å². The molecule has 1 fully saturated rings. The monoisotopic (exact) mass is 328 g/mol. The lowest BCUT2D eigenvalue weighted by atomic mass is 10.1. The van der Waals surface area contributed by atoms with E-state index in [0.717, 1.165) is 34.9 Å². The maximum absolute atomic E-state index is 13.6. The van der Waals surface area contributed by atoms with E-state index in [1.807, 2.05) is 18.2 Å². The topological polar surface area (TPSA) is 23.6 Å². The van der Waals surface area contributed by atoms with Crippen LogP contribution in [-0.4, -0.2) is 38.2 Å². The second-order valence-electron chi connectivity index (χ2n) is 5.60. The summed E-state index contributed by atoms with van der Waals surface area (Å²) in [4.78, 5) is 15.3. The van der Waals surface area contributed by atoms with Crippen LogP contribution in [0, 0.1) is 0 Å². The van der Waals surface area contributed by atoms with Gasteiger partial charge in [0.2, 0.25) is 6.41 Å². The molecule has 122 valence electrons. The summed E-state index contributed by atoms with van der Waals surface area (Å²) < 4.78 is 27.2. The fourth-order valence-electron chi connectivity index (χ4n) is 2.56. The molecule has 0 unspecified atom stereocenters. The van der Waals surface area contributed by atoms with Crippen LogP contribution in [0.1, 0.15) is 26.2 Å². The molecular formula is C16H22F2N2OS. The van der Waals surface area contributed by atoms with Crippen molar-refractivity contribution in [1.29, 1.82) is 0 Å². The predicted octanol–water partition coefficient (Wildman–Crippen LogP) is 4.02. The molecule has 1 heterocycles. The Bertz CT molecular complexity index is 525. The normalized spacial score (nSPS) is 17.4. The predicted molar refractivity (Wildman–Crippen MR) is 88.3 cm³/mol. The number of rotatable bonds is 6. The highest BCUT2D eigenvalue weighted by molar-refractivity contribution is 7.99.